The Morgan fingerprint density at radius 1 is 1.34 bits per heavy atom. The number of carbonyl (C=O) groups excluding carboxylic acids is 1. The van der Waals surface area contributed by atoms with Crippen molar-refractivity contribution < 1.29 is 18.1 Å². The molecule has 0 bridgehead atoms. The Morgan fingerprint density at radius 2 is 2.09 bits per heavy atom. The van der Waals surface area contributed by atoms with Gasteiger partial charge in [-0.05, 0) is 50.6 Å². The summed E-state index contributed by atoms with van der Waals surface area (Å²) in [4.78, 5) is 16.5. The number of nitrogens with zero attached hydrogens (tertiary/aromatic N) is 2. The highest BCUT2D eigenvalue weighted by atomic mass is 79.9. The van der Waals surface area contributed by atoms with E-state index in [4.69, 9.17) is 16.3 Å². The first-order valence-corrected chi connectivity index (χ1v) is 12.6. The summed E-state index contributed by atoms with van der Waals surface area (Å²) in [6.45, 7) is 5.44. The molecule has 170 valence electrons. The molecule has 1 amide bonds. The molecule has 1 heterocycles. The van der Waals surface area contributed by atoms with E-state index in [1.807, 2.05) is 24.3 Å². The Balaban J connectivity index is 1.87. The molecule has 11 heteroatoms. The normalized spacial score (nSPS) is 12.3. The summed E-state index contributed by atoms with van der Waals surface area (Å²) >= 11 is 10.9. The quantitative estimate of drug-likeness (QED) is 0.360. The molecular weight excluding hydrogens is 541 g/mol. The van der Waals surface area contributed by atoms with Crippen LogP contribution in [0.25, 0.3) is 0 Å². The number of rotatable bonds is 6. The number of benzene rings is 2. The summed E-state index contributed by atoms with van der Waals surface area (Å²) in [6, 6.07) is 10.0. The lowest BCUT2D eigenvalue weighted by Crippen LogP contribution is -2.38. The van der Waals surface area contributed by atoms with Crippen LogP contribution in [0.3, 0.4) is 0 Å². The molecule has 0 saturated carbocycles. The Bertz CT molecular complexity index is 1140. The smallest absolute Gasteiger partial charge is 0.428 e. The van der Waals surface area contributed by atoms with Gasteiger partial charge in [-0.3, -0.25) is 0 Å². The highest BCUT2D eigenvalue weighted by molar-refractivity contribution is 9.10. The van der Waals surface area contributed by atoms with E-state index in [9.17, 15) is 13.4 Å². The first-order chi connectivity index (χ1) is 15.0. The van der Waals surface area contributed by atoms with Crippen molar-refractivity contribution in [3.05, 3.63) is 68.2 Å². The minimum absolute atomic E-state index is 0.0926. The molecule has 1 N–H and O–H groups in total. The fourth-order valence-electron chi connectivity index (χ4n) is 2.60. The van der Waals surface area contributed by atoms with E-state index in [1.165, 1.54) is 28.3 Å². The van der Waals surface area contributed by atoms with Crippen LogP contribution in [0.2, 0.25) is 5.02 Å². The van der Waals surface area contributed by atoms with Crippen molar-refractivity contribution in [1.82, 2.24) is 4.98 Å². The van der Waals surface area contributed by atoms with Gasteiger partial charge in [0.1, 0.15) is 11.4 Å². The van der Waals surface area contributed by atoms with Gasteiger partial charge in [0.2, 0.25) is 0 Å². The van der Waals surface area contributed by atoms with Crippen LogP contribution in [0, 0.1) is 5.82 Å². The molecule has 0 aliphatic carbocycles. The maximum absolute atomic E-state index is 15.0. The molecule has 0 spiro atoms. The summed E-state index contributed by atoms with van der Waals surface area (Å²) in [7, 11) is -2.28. The average molecular weight is 561 g/mol. The van der Waals surface area contributed by atoms with Crippen LogP contribution in [-0.2, 0) is 22.3 Å². The van der Waals surface area contributed by atoms with Gasteiger partial charge in [0.25, 0.3) is 0 Å². The van der Waals surface area contributed by atoms with Crippen molar-refractivity contribution in [2.75, 3.05) is 9.62 Å². The summed E-state index contributed by atoms with van der Waals surface area (Å²) in [6.07, 6.45) is -0.908. The number of hydrogen-bond acceptors (Lipinski definition) is 6. The van der Waals surface area contributed by atoms with E-state index in [0.717, 1.165) is 20.4 Å². The lowest BCUT2D eigenvalue weighted by molar-refractivity contribution is 0.0609. The number of aromatic nitrogens is 1. The third-order valence-corrected chi connectivity index (χ3v) is 6.67. The number of carbonyl (C=O) groups is 1. The van der Waals surface area contributed by atoms with Gasteiger partial charge in [-0.2, -0.15) is 4.31 Å². The number of halogens is 3. The van der Waals surface area contributed by atoms with Gasteiger partial charge >= 0.3 is 6.09 Å². The molecule has 32 heavy (non-hydrogen) atoms. The van der Waals surface area contributed by atoms with Gasteiger partial charge in [-0.15, -0.1) is 11.3 Å². The largest absolute Gasteiger partial charge is 0.443 e. The zero-order valence-electron chi connectivity index (χ0n) is 17.4. The van der Waals surface area contributed by atoms with E-state index in [1.54, 1.807) is 20.8 Å². The molecule has 0 aliphatic heterocycles. The van der Waals surface area contributed by atoms with Gasteiger partial charge in [-0.25, -0.2) is 18.4 Å². The second kappa shape index (κ2) is 10.3. The summed E-state index contributed by atoms with van der Waals surface area (Å²) in [5.74, 6) is -0.691. The van der Waals surface area contributed by atoms with Crippen LogP contribution in [-0.4, -0.2) is 20.9 Å². The molecule has 3 aromatic rings. The fourth-order valence-corrected chi connectivity index (χ4v) is 5.01. The Hall–Kier alpha value is -2.01. The molecule has 3 rings (SSSR count). The van der Waals surface area contributed by atoms with Crippen LogP contribution in [0.5, 0.6) is 0 Å². The minimum Gasteiger partial charge on any atom is -0.443 e. The molecule has 0 radical (unpaired) electrons. The van der Waals surface area contributed by atoms with Crippen LogP contribution in [0.1, 0.15) is 26.3 Å². The summed E-state index contributed by atoms with van der Waals surface area (Å²) in [5, 5.41) is 4.75. The maximum atomic E-state index is 15.0. The lowest BCUT2D eigenvalue weighted by atomic mass is 10.2. The van der Waals surface area contributed by atoms with Crippen LogP contribution < -0.4 is 9.62 Å². The Morgan fingerprint density at radius 3 is 2.72 bits per heavy atom. The minimum atomic E-state index is -2.28. The molecule has 2 aromatic carbocycles. The lowest BCUT2D eigenvalue weighted by Gasteiger charge is -2.25. The van der Waals surface area contributed by atoms with Crippen LogP contribution in [0.4, 0.5) is 20.7 Å². The first kappa shape index (κ1) is 24.6. The van der Waals surface area contributed by atoms with E-state index in [2.05, 4.69) is 26.2 Å². The highest BCUT2D eigenvalue weighted by Gasteiger charge is 2.32. The van der Waals surface area contributed by atoms with Gasteiger partial charge in [0.15, 0.2) is 16.8 Å². The zero-order chi connectivity index (χ0) is 23.5. The molecule has 0 saturated heterocycles. The average Bonchev–Trinajstić information content (AvgIpc) is 3.21. The van der Waals surface area contributed by atoms with Crippen molar-refractivity contribution in [3.63, 3.8) is 0 Å². The Kier molecular flexibility index (Phi) is 7.92. The first-order valence-electron chi connectivity index (χ1n) is 9.35. The maximum Gasteiger partial charge on any atom is 0.428 e. The van der Waals surface area contributed by atoms with E-state index >= 15 is 0 Å². The SMILES string of the molecule is CC(C)(C)OC(=O)N(c1cscn1)S(=O)c1cc(Cl)c(NCc2cccc(Br)c2)cc1F. The predicted molar refractivity (Wildman–Crippen MR) is 130 cm³/mol. The topological polar surface area (TPSA) is 71.5 Å². The predicted octanol–water partition coefficient (Wildman–Crippen LogP) is 6.77. The molecule has 6 nitrogen and oxygen atoms in total. The van der Waals surface area contributed by atoms with Gasteiger partial charge in [0, 0.05) is 16.4 Å². The number of thiazole rings is 1. The molecule has 0 aliphatic rings. The monoisotopic (exact) mass is 559 g/mol. The summed E-state index contributed by atoms with van der Waals surface area (Å²) < 4.78 is 35.3. The van der Waals surface area contributed by atoms with Gasteiger partial charge in [-0.1, -0.05) is 39.7 Å². The van der Waals surface area contributed by atoms with Crippen molar-refractivity contribution in [2.45, 2.75) is 37.8 Å². The highest BCUT2D eigenvalue weighted by Crippen LogP contribution is 2.31. The fraction of sp³-hybridized carbons (Fsp3) is 0.238. The Labute approximate surface area is 205 Å². The van der Waals surface area contributed by atoms with Crippen molar-refractivity contribution >= 4 is 67.5 Å². The number of hydrogen-bond donors (Lipinski definition) is 1. The van der Waals surface area contributed by atoms with Gasteiger partial charge in [0.05, 0.1) is 21.1 Å². The third-order valence-electron chi connectivity index (χ3n) is 3.93. The zero-order valence-corrected chi connectivity index (χ0v) is 21.4. The second-order valence-corrected chi connectivity index (χ2v) is 11.0. The van der Waals surface area contributed by atoms with Gasteiger partial charge < -0.3 is 10.1 Å². The molecule has 0 fully saturated rings. The standard InChI is InChI=1S/C21H20BrClFN3O3S2/c1-21(2,3)30-20(28)27(19-11-31-12-26-19)32(29)18-8-15(23)17(9-16(18)24)25-10-13-5-4-6-14(22)7-13/h4-9,11-12,25H,10H2,1-3H3. The van der Waals surface area contributed by atoms with Crippen LogP contribution in [0.15, 0.2) is 56.7 Å². The molecule has 1 unspecified atom stereocenters. The number of amides is 1. The molecular formula is C21H20BrClFN3O3S2. The van der Waals surface area contributed by atoms with E-state index < -0.39 is 28.5 Å². The molecule has 1 atom stereocenters. The van der Waals surface area contributed by atoms with E-state index in [-0.39, 0.29) is 15.7 Å². The third kappa shape index (κ3) is 6.28. The van der Waals surface area contributed by atoms with Crippen molar-refractivity contribution in [3.8, 4) is 0 Å². The van der Waals surface area contributed by atoms with Crippen molar-refractivity contribution in [2.24, 2.45) is 0 Å². The number of nitrogens with one attached hydrogen (secondary N) is 1. The second-order valence-electron chi connectivity index (χ2n) is 7.62. The molecule has 1 aromatic heterocycles. The van der Waals surface area contributed by atoms with E-state index in [0.29, 0.717) is 12.2 Å². The summed E-state index contributed by atoms with van der Waals surface area (Å²) in [5.41, 5.74) is 1.93. The van der Waals surface area contributed by atoms with Crippen molar-refractivity contribution in [1.29, 1.82) is 0 Å². The number of ether oxygens (including phenoxy) is 1. The van der Waals surface area contributed by atoms with Crippen LogP contribution >= 0.6 is 38.9 Å². The number of anilines is 2.